The Bertz CT molecular complexity index is 552. The molecule has 0 aliphatic rings. The Hall–Kier alpha value is -1.74. The highest BCUT2D eigenvalue weighted by atomic mass is 19.1. The molecule has 0 fully saturated rings. The van der Waals surface area contributed by atoms with Gasteiger partial charge in [0.05, 0.1) is 0 Å². The molecule has 1 unspecified atom stereocenters. The van der Waals surface area contributed by atoms with E-state index in [9.17, 15) is 4.39 Å². The minimum absolute atomic E-state index is 0.0872. The van der Waals surface area contributed by atoms with Gasteiger partial charge in [-0.3, -0.25) is 4.98 Å². The lowest BCUT2D eigenvalue weighted by molar-refractivity contribution is 0.624. The molecule has 0 aliphatic carbocycles. The van der Waals surface area contributed by atoms with Crippen LogP contribution < -0.4 is 5.73 Å². The normalized spacial score (nSPS) is 12.4. The van der Waals surface area contributed by atoms with Crippen LogP contribution in [0, 0.1) is 19.7 Å². The van der Waals surface area contributed by atoms with Gasteiger partial charge in [0, 0.05) is 17.9 Å². The van der Waals surface area contributed by atoms with Crippen molar-refractivity contribution < 1.29 is 4.39 Å². The summed E-state index contributed by atoms with van der Waals surface area (Å²) >= 11 is 0. The highest BCUT2D eigenvalue weighted by molar-refractivity contribution is 5.29. The molecule has 0 radical (unpaired) electrons. The number of halogens is 1. The maximum Gasteiger partial charge on any atom is 0.123 e. The van der Waals surface area contributed by atoms with Crippen molar-refractivity contribution in [1.29, 1.82) is 0 Å². The summed E-state index contributed by atoms with van der Waals surface area (Å²) < 4.78 is 13.0. The predicted octanol–water partition coefficient (Wildman–Crippen LogP) is 3.08. The summed E-state index contributed by atoms with van der Waals surface area (Å²) in [6.07, 6.45) is 2.47. The van der Waals surface area contributed by atoms with Gasteiger partial charge in [-0.1, -0.05) is 6.07 Å². The van der Waals surface area contributed by atoms with E-state index in [0.29, 0.717) is 6.42 Å². The standard InChI is InChI=1S/C15H17FN2/c1-10-7-14(16)4-3-12(10)9-15(17)13-5-6-18-11(2)8-13/h3-8,15H,9,17H2,1-2H3. The molecule has 0 bridgehead atoms. The molecule has 1 aromatic heterocycles. The van der Waals surface area contributed by atoms with Crippen molar-refractivity contribution in [3.05, 3.63) is 64.7 Å². The molecular formula is C15H17FN2. The van der Waals surface area contributed by atoms with Crippen molar-refractivity contribution in [3.63, 3.8) is 0 Å². The van der Waals surface area contributed by atoms with Crippen molar-refractivity contribution >= 4 is 0 Å². The molecule has 1 atom stereocenters. The van der Waals surface area contributed by atoms with E-state index in [2.05, 4.69) is 4.98 Å². The van der Waals surface area contributed by atoms with E-state index < -0.39 is 0 Å². The largest absolute Gasteiger partial charge is 0.324 e. The number of nitrogens with zero attached hydrogens (tertiary/aromatic N) is 1. The van der Waals surface area contributed by atoms with Gasteiger partial charge in [0.15, 0.2) is 0 Å². The third-order valence-electron chi connectivity index (χ3n) is 3.09. The maximum absolute atomic E-state index is 13.0. The molecule has 0 amide bonds. The molecule has 0 saturated carbocycles. The van der Waals surface area contributed by atoms with Gasteiger partial charge in [0.2, 0.25) is 0 Å². The van der Waals surface area contributed by atoms with Crippen LogP contribution in [-0.2, 0) is 6.42 Å². The van der Waals surface area contributed by atoms with E-state index in [4.69, 9.17) is 5.73 Å². The van der Waals surface area contributed by atoms with Crippen LogP contribution >= 0.6 is 0 Å². The van der Waals surface area contributed by atoms with E-state index in [1.807, 2.05) is 26.0 Å². The van der Waals surface area contributed by atoms with Gasteiger partial charge in [-0.05, 0) is 61.2 Å². The third-order valence-corrected chi connectivity index (χ3v) is 3.09. The van der Waals surface area contributed by atoms with Crippen LogP contribution in [0.4, 0.5) is 4.39 Å². The summed E-state index contributed by atoms with van der Waals surface area (Å²) in [5.41, 5.74) is 10.2. The van der Waals surface area contributed by atoms with Crippen molar-refractivity contribution in [1.82, 2.24) is 4.98 Å². The Morgan fingerprint density at radius 2 is 2.00 bits per heavy atom. The van der Waals surface area contributed by atoms with Gasteiger partial charge < -0.3 is 5.73 Å². The molecule has 3 heteroatoms. The molecule has 2 N–H and O–H groups in total. The number of hydrogen-bond donors (Lipinski definition) is 1. The molecular weight excluding hydrogens is 227 g/mol. The van der Waals surface area contributed by atoms with E-state index in [1.54, 1.807) is 18.3 Å². The van der Waals surface area contributed by atoms with Gasteiger partial charge >= 0.3 is 0 Å². The molecule has 0 saturated heterocycles. The Labute approximate surface area is 107 Å². The smallest absolute Gasteiger partial charge is 0.123 e. The summed E-state index contributed by atoms with van der Waals surface area (Å²) in [5.74, 6) is -0.204. The second kappa shape index (κ2) is 5.27. The van der Waals surface area contributed by atoms with Gasteiger partial charge in [-0.25, -0.2) is 4.39 Å². The van der Waals surface area contributed by atoms with Crippen molar-refractivity contribution in [2.24, 2.45) is 5.73 Å². The molecule has 18 heavy (non-hydrogen) atoms. The average Bonchev–Trinajstić information content (AvgIpc) is 2.32. The molecule has 1 aromatic carbocycles. The van der Waals surface area contributed by atoms with Gasteiger partial charge in [-0.2, -0.15) is 0 Å². The fourth-order valence-electron chi connectivity index (χ4n) is 2.04. The molecule has 2 aromatic rings. The molecule has 0 spiro atoms. The highest BCUT2D eigenvalue weighted by Crippen LogP contribution is 2.19. The average molecular weight is 244 g/mol. The Morgan fingerprint density at radius 1 is 1.22 bits per heavy atom. The first-order valence-electron chi connectivity index (χ1n) is 5.99. The summed E-state index contributed by atoms with van der Waals surface area (Å²) in [5, 5.41) is 0. The van der Waals surface area contributed by atoms with E-state index >= 15 is 0 Å². The molecule has 0 aliphatic heterocycles. The summed E-state index contributed by atoms with van der Waals surface area (Å²) in [6.45, 7) is 3.85. The number of rotatable bonds is 3. The Morgan fingerprint density at radius 3 is 2.67 bits per heavy atom. The first-order valence-corrected chi connectivity index (χ1v) is 5.99. The lowest BCUT2D eigenvalue weighted by Gasteiger charge is -2.14. The fraction of sp³-hybridized carbons (Fsp3) is 0.267. The quantitative estimate of drug-likeness (QED) is 0.901. The van der Waals surface area contributed by atoms with Crippen LogP contribution in [0.3, 0.4) is 0 Å². The summed E-state index contributed by atoms with van der Waals surface area (Å²) in [4.78, 5) is 4.15. The molecule has 2 rings (SSSR count). The van der Waals surface area contributed by atoms with Gasteiger partial charge in [-0.15, -0.1) is 0 Å². The van der Waals surface area contributed by atoms with Crippen LogP contribution in [0.15, 0.2) is 36.5 Å². The van der Waals surface area contributed by atoms with Gasteiger partial charge in [0.25, 0.3) is 0 Å². The number of pyridine rings is 1. The first kappa shape index (κ1) is 12.7. The molecule has 94 valence electrons. The number of benzene rings is 1. The number of hydrogen-bond acceptors (Lipinski definition) is 2. The van der Waals surface area contributed by atoms with Crippen molar-refractivity contribution in [2.75, 3.05) is 0 Å². The number of aromatic nitrogens is 1. The number of nitrogens with two attached hydrogens (primary N) is 1. The second-order valence-electron chi connectivity index (χ2n) is 4.61. The SMILES string of the molecule is Cc1cc(C(N)Cc2ccc(F)cc2C)ccn1. The van der Waals surface area contributed by atoms with Crippen LogP contribution in [0.25, 0.3) is 0 Å². The maximum atomic E-state index is 13.0. The summed E-state index contributed by atoms with van der Waals surface area (Å²) in [6, 6.07) is 8.65. The lowest BCUT2D eigenvalue weighted by atomic mass is 9.97. The highest BCUT2D eigenvalue weighted by Gasteiger charge is 2.09. The molecule has 2 nitrogen and oxygen atoms in total. The minimum atomic E-state index is -0.204. The van der Waals surface area contributed by atoms with Crippen LogP contribution in [0.2, 0.25) is 0 Å². The van der Waals surface area contributed by atoms with E-state index in [0.717, 1.165) is 22.4 Å². The Balaban J connectivity index is 2.18. The Kier molecular flexibility index (Phi) is 3.72. The van der Waals surface area contributed by atoms with Gasteiger partial charge in [0.1, 0.15) is 5.82 Å². The zero-order valence-electron chi connectivity index (χ0n) is 10.7. The lowest BCUT2D eigenvalue weighted by Crippen LogP contribution is -2.14. The predicted molar refractivity (Wildman–Crippen MR) is 70.7 cm³/mol. The van der Waals surface area contributed by atoms with Crippen LogP contribution in [0.5, 0.6) is 0 Å². The topological polar surface area (TPSA) is 38.9 Å². The molecule has 1 heterocycles. The summed E-state index contributed by atoms with van der Waals surface area (Å²) in [7, 11) is 0. The van der Waals surface area contributed by atoms with E-state index in [1.165, 1.54) is 6.07 Å². The second-order valence-corrected chi connectivity index (χ2v) is 4.61. The van der Waals surface area contributed by atoms with Crippen molar-refractivity contribution in [2.45, 2.75) is 26.3 Å². The minimum Gasteiger partial charge on any atom is -0.324 e. The third kappa shape index (κ3) is 2.93. The first-order chi connectivity index (χ1) is 8.56. The van der Waals surface area contributed by atoms with Crippen LogP contribution in [-0.4, -0.2) is 4.98 Å². The van der Waals surface area contributed by atoms with Crippen LogP contribution in [0.1, 0.15) is 28.4 Å². The zero-order valence-corrected chi connectivity index (χ0v) is 10.7. The number of aryl methyl sites for hydroxylation is 2. The van der Waals surface area contributed by atoms with E-state index in [-0.39, 0.29) is 11.9 Å². The zero-order chi connectivity index (χ0) is 13.1. The van der Waals surface area contributed by atoms with Crippen molar-refractivity contribution in [3.8, 4) is 0 Å². The fourth-order valence-corrected chi connectivity index (χ4v) is 2.04. The monoisotopic (exact) mass is 244 g/mol.